The first-order valence-electron chi connectivity index (χ1n) is 5.61. The number of hydrogen-bond donors (Lipinski definition) is 1. The second-order valence-corrected chi connectivity index (χ2v) is 5.18. The Kier molecular flexibility index (Phi) is 2.76. The van der Waals surface area contributed by atoms with Crippen LogP contribution < -0.4 is 5.73 Å². The molecule has 0 unspecified atom stereocenters. The molecular weight excluding hydrogens is 261 g/mol. The summed E-state index contributed by atoms with van der Waals surface area (Å²) in [7, 11) is 0. The molecule has 0 saturated heterocycles. The van der Waals surface area contributed by atoms with Gasteiger partial charge in [-0.15, -0.1) is 16.4 Å². The van der Waals surface area contributed by atoms with Crippen LogP contribution in [0.25, 0.3) is 26.2 Å². The van der Waals surface area contributed by atoms with E-state index in [1.165, 1.54) is 23.5 Å². The monoisotopic (exact) mass is 271 g/mol. The van der Waals surface area contributed by atoms with Crippen molar-refractivity contribution in [1.82, 2.24) is 10.2 Å². The van der Waals surface area contributed by atoms with Gasteiger partial charge in [0.1, 0.15) is 11.5 Å². The molecule has 2 N–H and O–H groups in total. The van der Waals surface area contributed by atoms with E-state index in [4.69, 9.17) is 5.73 Å². The maximum atomic E-state index is 13.3. The highest BCUT2D eigenvalue weighted by Crippen LogP contribution is 2.35. The zero-order valence-electron chi connectivity index (χ0n) is 9.93. The number of fused-ring (bicyclic) bond motifs is 1. The van der Waals surface area contributed by atoms with Crippen molar-refractivity contribution in [2.24, 2.45) is 5.73 Å². The van der Waals surface area contributed by atoms with Gasteiger partial charge >= 0.3 is 0 Å². The van der Waals surface area contributed by atoms with Gasteiger partial charge in [0.15, 0.2) is 0 Å². The highest BCUT2D eigenvalue weighted by molar-refractivity contribution is 7.22. The predicted molar refractivity (Wildman–Crippen MR) is 76.0 cm³/mol. The van der Waals surface area contributed by atoms with E-state index in [-0.39, 0.29) is 5.82 Å². The fourth-order valence-electron chi connectivity index (χ4n) is 1.87. The van der Waals surface area contributed by atoms with Crippen LogP contribution >= 0.6 is 11.3 Å². The van der Waals surface area contributed by atoms with E-state index < -0.39 is 0 Å². The molecule has 5 heteroatoms. The lowest BCUT2D eigenvalue weighted by Gasteiger charge is -1.98. The number of nitrogens with zero attached hydrogens (tertiary/aromatic N) is 2. The van der Waals surface area contributed by atoms with Crippen LogP contribution in [0, 0.1) is 5.82 Å². The van der Waals surface area contributed by atoms with E-state index in [0.717, 1.165) is 20.5 Å². The molecule has 3 nitrogen and oxygen atoms in total. The molecule has 0 fully saturated rings. The normalized spacial score (nSPS) is 10.8. The van der Waals surface area contributed by atoms with Gasteiger partial charge in [0, 0.05) is 10.3 Å². The molecule has 2 aromatic heterocycles. The third-order valence-corrected chi connectivity index (χ3v) is 3.95. The van der Waals surface area contributed by atoms with Crippen LogP contribution in [0.1, 0.15) is 5.69 Å². The van der Waals surface area contributed by atoms with Crippen molar-refractivity contribution >= 4 is 27.1 Å². The second-order valence-electron chi connectivity index (χ2n) is 4.12. The zero-order valence-corrected chi connectivity index (χ0v) is 10.7. The molecule has 0 amide bonds. The summed E-state index contributed by atoms with van der Waals surface area (Å²) < 4.78 is 14.2. The van der Waals surface area contributed by atoms with Gasteiger partial charge in [-0.05, 0) is 23.8 Å². The van der Waals surface area contributed by atoms with Crippen LogP contribution in [0.3, 0.4) is 0 Å². The lowest BCUT2D eigenvalue weighted by atomic mass is 10.1. The minimum atomic E-state index is -0.255. The average Bonchev–Trinajstić information content (AvgIpc) is 2.82. The molecule has 3 rings (SSSR count). The van der Waals surface area contributed by atoms with Gasteiger partial charge in [-0.1, -0.05) is 18.7 Å². The summed E-state index contributed by atoms with van der Waals surface area (Å²) in [6, 6.07) is 8.44. The third-order valence-electron chi connectivity index (χ3n) is 2.74. The number of aromatic nitrogens is 2. The van der Waals surface area contributed by atoms with Gasteiger partial charge in [-0.25, -0.2) is 4.39 Å². The molecule has 0 bridgehead atoms. The summed E-state index contributed by atoms with van der Waals surface area (Å²) in [6.45, 7) is 3.69. The van der Waals surface area contributed by atoms with Crippen molar-refractivity contribution in [2.75, 3.05) is 0 Å². The average molecular weight is 271 g/mol. The van der Waals surface area contributed by atoms with Crippen LogP contribution in [0.15, 0.2) is 43.1 Å². The Morgan fingerprint density at radius 2 is 2.16 bits per heavy atom. The van der Waals surface area contributed by atoms with Crippen LogP contribution in [0.5, 0.6) is 0 Å². The first-order valence-corrected chi connectivity index (χ1v) is 6.43. The van der Waals surface area contributed by atoms with Crippen LogP contribution in [0.4, 0.5) is 4.39 Å². The fraction of sp³-hybridized carbons (Fsp3) is 0. The molecule has 2 heterocycles. The van der Waals surface area contributed by atoms with E-state index in [2.05, 4.69) is 16.8 Å². The summed E-state index contributed by atoms with van der Waals surface area (Å²) in [5.41, 5.74) is 7.50. The van der Waals surface area contributed by atoms with Gasteiger partial charge in [0.05, 0.1) is 16.6 Å². The molecular formula is C14H10FN3S. The molecule has 0 aliphatic heterocycles. The number of rotatable bonds is 2. The van der Waals surface area contributed by atoms with Crippen LogP contribution in [-0.2, 0) is 0 Å². The molecule has 0 saturated carbocycles. The Balaban J connectivity index is 2.22. The summed E-state index contributed by atoms with van der Waals surface area (Å²) in [4.78, 5) is 0.951. The fourth-order valence-corrected chi connectivity index (χ4v) is 3.02. The van der Waals surface area contributed by atoms with Gasteiger partial charge in [-0.3, -0.25) is 0 Å². The Morgan fingerprint density at radius 3 is 2.89 bits per heavy atom. The maximum absolute atomic E-state index is 13.3. The number of halogens is 1. The lowest BCUT2D eigenvalue weighted by molar-refractivity contribution is 0.628. The van der Waals surface area contributed by atoms with E-state index in [1.54, 1.807) is 12.3 Å². The van der Waals surface area contributed by atoms with Gasteiger partial charge in [0.2, 0.25) is 0 Å². The van der Waals surface area contributed by atoms with Crippen molar-refractivity contribution in [1.29, 1.82) is 0 Å². The van der Waals surface area contributed by atoms with Crippen molar-refractivity contribution < 1.29 is 4.39 Å². The number of thiophene rings is 1. The molecule has 0 atom stereocenters. The minimum Gasteiger partial charge on any atom is -0.397 e. The molecule has 1 aromatic carbocycles. The van der Waals surface area contributed by atoms with E-state index >= 15 is 0 Å². The van der Waals surface area contributed by atoms with Crippen molar-refractivity contribution in [2.45, 2.75) is 0 Å². The molecule has 94 valence electrons. The number of benzene rings is 1. The Labute approximate surface area is 113 Å². The second kappa shape index (κ2) is 4.44. The highest BCUT2D eigenvalue weighted by Gasteiger charge is 2.11. The van der Waals surface area contributed by atoms with Crippen molar-refractivity contribution in [3.8, 4) is 10.4 Å². The molecule has 0 spiro atoms. The van der Waals surface area contributed by atoms with Crippen LogP contribution in [0.2, 0.25) is 0 Å². The smallest absolute Gasteiger partial charge is 0.126 e. The lowest BCUT2D eigenvalue weighted by Crippen LogP contribution is -1.98. The summed E-state index contributed by atoms with van der Waals surface area (Å²) >= 11 is 1.50. The summed E-state index contributed by atoms with van der Waals surface area (Å²) in [5, 5.41) is 8.82. The molecule has 0 radical (unpaired) electrons. The summed E-state index contributed by atoms with van der Waals surface area (Å²) in [6.07, 6.45) is 1.67. The molecule has 0 aliphatic rings. The minimum absolute atomic E-state index is 0.255. The molecule has 19 heavy (non-hydrogen) atoms. The van der Waals surface area contributed by atoms with Gasteiger partial charge in [0.25, 0.3) is 0 Å². The van der Waals surface area contributed by atoms with Crippen molar-refractivity contribution in [3.05, 3.63) is 54.6 Å². The quantitative estimate of drug-likeness (QED) is 0.777. The van der Waals surface area contributed by atoms with Crippen molar-refractivity contribution in [3.63, 3.8) is 0 Å². The highest BCUT2D eigenvalue weighted by atomic mass is 32.1. The molecule has 3 aromatic rings. The van der Waals surface area contributed by atoms with E-state index in [9.17, 15) is 4.39 Å². The first-order chi connectivity index (χ1) is 9.15. The Hall–Kier alpha value is -2.27. The van der Waals surface area contributed by atoms with E-state index in [1.807, 2.05) is 12.1 Å². The zero-order chi connectivity index (χ0) is 13.4. The topological polar surface area (TPSA) is 51.8 Å². The standard InChI is InChI=1S/C14H10FN3S/c1-8(16)13-14-10(7-17-18-13)6-12(19-14)9-3-2-4-11(15)5-9/h2-7H,1,16H2. The Morgan fingerprint density at radius 1 is 1.32 bits per heavy atom. The maximum Gasteiger partial charge on any atom is 0.126 e. The largest absolute Gasteiger partial charge is 0.397 e. The van der Waals surface area contributed by atoms with E-state index in [0.29, 0.717) is 11.4 Å². The number of hydrogen-bond acceptors (Lipinski definition) is 4. The first kappa shape index (κ1) is 11.8. The van der Waals surface area contributed by atoms with Gasteiger partial charge < -0.3 is 5.73 Å². The predicted octanol–water partition coefficient (Wildman–Crippen LogP) is 3.43. The summed E-state index contributed by atoms with van der Waals surface area (Å²) in [5.74, 6) is -0.255. The third kappa shape index (κ3) is 2.08. The number of nitrogens with two attached hydrogens (primary N) is 1. The SMILES string of the molecule is C=C(N)c1nncc2cc(-c3cccc(F)c3)sc12. The molecule has 0 aliphatic carbocycles. The van der Waals surface area contributed by atoms with Gasteiger partial charge in [-0.2, -0.15) is 5.10 Å². The van der Waals surface area contributed by atoms with Crippen LogP contribution in [-0.4, -0.2) is 10.2 Å². The Bertz CT molecular complexity index is 779.